The van der Waals surface area contributed by atoms with Crippen LogP contribution in [0.4, 0.5) is 0 Å². The first-order valence-electron chi connectivity index (χ1n) is 2.41. The maximum atomic E-state index is 9.73. The molecule has 0 aliphatic carbocycles. The third kappa shape index (κ3) is 5.89. The Morgan fingerprint density at radius 1 is 1.43 bits per heavy atom. The highest BCUT2D eigenvalue weighted by Gasteiger charge is 2.10. The molecule has 0 heterocycles. The van der Waals surface area contributed by atoms with E-state index in [-0.39, 0.29) is 0 Å². The average Bonchev–Trinajstić information content (AvgIpc) is 1.30. The molecule has 0 aromatic heterocycles. The van der Waals surface area contributed by atoms with Gasteiger partial charge in [-0.05, 0) is 0 Å². The van der Waals surface area contributed by atoms with Gasteiger partial charge in [0.1, 0.15) is 0 Å². The lowest BCUT2D eigenvalue weighted by molar-refractivity contribution is 0.559. The summed E-state index contributed by atoms with van der Waals surface area (Å²) in [7, 11) is -1.08. The monoisotopic (exact) mass is 115 g/mol. The molecule has 0 rings (SSSR count). The van der Waals surface area contributed by atoms with Crippen LogP contribution in [-0.2, 0) is 4.79 Å². The van der Waals surface area contributed by atoms with Gasteiger partial charge in [0.05, 0.1) is 8.07 Å². The molecule has 0 spiro atoms. The van der Waals surface area contributed by atoms with Gasteiger partial charge in [0.2, 0.25) is 0 Å². The Bertz CT molecular complexity index is 63.0. The van der Waals surface area contributed by atoms with Gasteiger partial charge in [0.15, 0.2) is 6.29 Å². The number of hydrogen-bond acceptors (Lipinski definition) is 1. The maximum absolute atomic E-state index is 9.73. The SMILES string of the molecule is C[Si](C)(C)C[C]=O. The van der Waals surface area contributed by atoms with Crippen LogP contribution in [0.2, 0.25) is 25.7 Å². The Labute approximate surface area is 45.7 Å². The lowest BCUT2D eigenvalue weighted by Crippen LogP contribution is -2.18. The predicted octanol–water partition coefficient (Wildman–Crippen LogP) is 1.43. The minimum absolute atomic E-state index is 0.674. The van der Waals surface area contributed by atoms with E-state index in [0.29, 0.717) is 6.04 Å². The fourth-order valence-corrected chi connectivity index (χ4v) is 0.650. The fourth-order valence-electron chi connectivity index (χ4n) is 0.217. The van der Waals surface area contributed by atoms with E-state index >= 15 is 0 Å². The van der Waals surface area contributed by atoms with Crippen LogP contribution in [0.3, 0.4) is 0 Å². The van der Waals surface area contributed by atoms with Gasteiger partial charge in [-0.2, -0.15) is 0 Å². The number of hydrogen-bond donors (Lipinski definition) is 0. The van der Waals surface area contributed by atoms with Crippen molar-refractivity contribution in [2.45, 2.75) is 25.7 Å². The summed E-state index contributed by atoms with van der Waals surface area (Å²) in [6, 6.07) is 0.674. The Morgan fingerprint density at radius 3 is 1.86 bits per heavy atom. The molecule has 0 N–H and O–H groups in total. The quantitative estimate of drug-likeness (QED) is 0.498. The first kappa shape index (κ1) is 6.89. The van der Waals surface area contributed by atoms with Gasteiger partial charge in [-0.15, -0.1) is 0 Å². The van der Waals surface area contributed by atoms with Crippen molar-refractivity contribution in [3.05, 3.63) is 0 Å². The van der Waals surface area contributed by atoms with E-state index < -0.39 is 8.07 Å². The van der Waals surface area contributed by atoms with Crippen LogP contribution in [0.25, 0.3) is 0 Å². The molecule has 0 aliphatic rings. The van der Waals surface area contributed by atoms with E-state index in [0.717, 1.165) is 0 Å². The summed E-state index contributed by atoms with van der Waals surface area (Å²) >= 11 is 0. The smallest absolute Gasteiger partial charge is 0.195 e. The van der Waals surface area contributed by atoms with Crippen molar-refractivity contribution in [2.75, 3.05) is 0 Å². The van der Waals surface area contributed by atoms with E-state index in [1.807, 2.05) is 6.29 Å². The minimum Gasteiger partial charge on any atom is -0.291 e. The molecule has 1 nitrogen and oxygen atoms in total. The summed E-state index contributed by atoms with van der Waals surface area (Å²) in [6.07, 6.45) is 1.92. The zero-order chi connectivity index (χ0) is 5.91. The van der Waals surface area contributed by atoms with Crippen LogP contribution in [-0.4, -0.2) is 14.4 Å². The molecule has 0 fully saturated rings. The van der Waals surface area contributed by atoms with Gasteiger partial charge >= 0.3 is 0 Å². The van der Waals surface area contributed by atoms with Gasteiger partial charge in [0.25, 0.3) is 0 Å². The standard InChI is InChI=1S/C5H11OSi/c1-7(2,3)5-4-6/h5H2,1-3H3. The molecule has 0 unspecified atom stereocenters. The Kier molecular flexibility index (Phi) is 2.22. The van der Waals surface area contributed by atoms with Crippen LogP contribution < -0.4 is 0 Å². The lowest BCUT2D eigenvalue weighted by Gasteiger charge is -2.07. The van der Waals surface area contributed by atoms with Crippen LogP contribution in [0.1, 0.15) is 0 Å². The highest BCUT2D eigenvalue weighted by atomic mass is 28.3. The van der Waals surface area contributed by atoms with Gasteiger partial charge in [-0.1, -0.05) is 19.6 Å². The molecular weight excluding hydrogens is 104 g/mol. The summed E-state index contributed by atoms with van der Waals surface area (Å²) in [5.41, 5.74) is 0. The molecule has 0 saturated carbocycles. The second-order valence-corrected chi connectivity index (χ2v) is 8.36. The third-order valence-electron chi connectivity index (χ3n) is 0.602. The van der Waals surface area contributed by atoms with Crippen molar-refractivity contribution in [1.29, 1.82) is 0 Å². The van der Waals surface area contributed by atoms with E-state index in [1.54, 1.807) is 0 Å². The molecule has 0 atom stereocenters. The summed E-state index contributed by atoms with van der Waals surface area (Å²) < 4.78 is 0. The first-order chi connectivity index (χ1) is 3.06. The van der Waals surface area contributed by atoms with Crippen molar-refractivity contribution >= 4 is 14.4 Å². The van der Waals surface area contributed by atoms with E-state index in [2.05, 4.69) is 19.6 Å². The van der Waals surface area contributed by atoms with Crippen LogP contribution in [0, 0.1) is 0 Å². The molecule has 41 valence electrons. The largest absolute Gasteiger partial charge is 0.291 e. The predicted molar refractivity (Wildman–Crippen MR) is 33.8 cm³/mol. The molecule has 1 radical (unpaired) electrons. The van der Waals surface area contributed by atoms with Crippen LogP contribution >= 0.6 is 0 Å². The van der Waals surface area contributed by atoms with Crippen LogP contribution in [0.15, 0.2) is 0 Å². The lowest BCUT2D eigenvalue weighted by atomic mass is 10.9. The van der Waals surface area contributed by atoms with E-state index in [4.69, 9.17) is 0 Å². The topological polar surface area (TPSA) is 17.1 Å². The maximum Gasteiger partial charge on any atom is 0.195 e. The number of rotatable bonds is 2. The fraction of sp³-hybridized carbons (Fsp3) is 0.800. The first-order valence-corrected chi connectivity index (χ1v) is 6.12. The molecule has 0 saturated heterocycles. The van der Waals surface area contributed by atoms with Crippen molar-refractivity contribution in [1.82, 2.24) is 0 Å². The molecule has 0 aliphatic heterocycles. The van der Waals surface area contributed by atoms with Crippen molar-refractivity contribution in [2.24, 2.45) is 0 Å². The second-order valence-electron chi connectivity index (χ2n) is 2.88. The Morgan fingerprint density at radius 2 is 1.86 bits per heavy atom. The second kappa shape index (κ2) is 2.26. The van der Waals surface area contributed by atoms with Crippen LogP contribution in [0.5, 0.6) is 0 Å². The Balaban J connectivity index is 3.34. The van der Waals surface area contributed by atoms with Gasteiger partial charge in [-0.25, -0.2) is 0 Å². The highest BCUT2D eigenvalue weighted by molar-refractivity contribution is 6.78. The average molecular weight is 115 g/mol. The molecule has 0 amide bonds. The zero-order valence-electron chi connectivity index (χ0n) is 5.12. The summed E-state index contributed by atoms with van der Waals surface area (Å²) in [6.45, 7) is 6.45. The zero-order valence-corrected chi connectivity index (χ0v) is 6.12. The normalized spacial score (nSPS) is 11.3. The van der Waals surface area contributed by atoms with Gasteiger partial charge in [-0.3, -0.25) is 4.79 Å². The molecule has 0 bridgehead atoms. The molecule has 0 aromatic rings. The number of carbonyl (C=O) groups excluding carboxylic acids is 1. The summed E-state index contributed by atoms with van der Waals surface area (Å²) in [4.78, 5) is 9.73. The molecule has 7 heavy (non-hydrogen) atoms. The van der Waals surface area contributed by atoms with E-state index in [1.165, 1.54) is 0 Å². The molecular formula is C5H11OSi. The highest BCUT2D eigenvalue weighted by Crippen LogP contribution is 2.03. The molecule has 0 aromatic carbocycles. The molecule has 2 heteroatoms. The summed E-state index contributed by atoms with van der Waals surface area (Å²) in [5, 5.41) is 0. The van der Waals surface area contributed by atoms with Gasteiger partial charge in [0, 0.05) is 6.04 Å². The Hall–Kier alpha value is -0.113. The van der Waals surface area contributed by atoms with E-state index in [9.17, 15) is 4.79 Å². The minimum atomic E-state index is -1.08. The third-order valence-corrected chi connectivity index (χ3v) is 1.81. The van der Waals surface area contributed by atoms with Crippen molar-refractivity contribution in [3.8, 4) is 0 Å². The van der Waals surface area contributed by atoms with Crippen molar-refractivity contribution in [3.63, 3.8) is 0 Å². The summed E-state index contributed by atoms with van der Waals surface area (Å²) in [5.74, 6) is 0. The van der Waals surface area contributed by atoms with Crippen molar-refractivity contribution < 1.29 is 4.79 Å². The van der Waals surface area contributed by atoms with Gasteiger partial charge < -0.3 is 0 Å².